The standard InChI is InChI=1S/C30H40N4O2/c1-6-7-8-9-13-20-28(36)33(22(2)3)21-27(35)31-30-29(25-17-11-10-12-18-25)24(5)32-34(30)26-19-15-14-16-23(26)4/h10-12,14-19,22H,6-9,13,20-21H2,1-5H3,(H,31,35). The molecule has 6 heteroatoms. The molecule has 6 nitrogen and oxygen atoms in total. The van der Waals surface area contributed by atoms with Crippen molar-refractivity contribution in [3.8, 4) is 16.8 Å². The molecule has 0 saturated heterocycles. The normalized spacial score (nSPS) is 11.1. The average molecular weight is 489 g/mol. The number of nitrogens with one attached hydrogen (secondary N) is 1. The summed E-state index contributed by atoms with van der Waals surface area (Å²) in [5, 5.41) is 7.92. The number of amides is 2. The van der Waals surface area contributed by atoms with Crippen LogP contribution in [-0.4, -0.2) is 39.1 Å². The van der Waals surface area contributed by atoms with Crippen molar-refractivity contribution in [2.45, 2.75) is 79.2 Å². The fourth-order valence-corrected chi connectivity index (χ4v) is 4.48. The molecule has 0 aliphatic carbocycles. The van der Waals surface area contributed by atoms with E-state index in [0.717, 1.165) is 47.3 Å². The Hall–Kier alpha value is -3.41. The van der Waals surface area contributed by atoms with E-state index in [1.54, 1.807) is 9.58 Å². The number of aryl methyl sites for hydroxylation is 2. The molecular formula is C30H40N4O2. The lowest BCUT2D eigenvalue weighted by Crippen LogP contribution is -2.42. The third-order valence-corrected chi connectivity index (χ3v) is 6.48. The zero-order chi connectivity index (χ0) is 26.1. The minimum Gasteiger partial charge on any atom is -0.331 e. The van der Waals surface area contributed by atoms with Crippen LogP contribution in [0.5, 0.6) is 0 Å². The molecule has 0 aliphatic rings. The van der Waals surface area contributed by atoms with Crippen LogP contribution < -0.4 is 5.32 Å². The van der Waals surface area contributed by atoms with Gasteiger partial charge in [0.25, 0.3) is 0 Å². The second-order valence-corrected chi connectivity index (χ2v) is 9.70. The van der Waals surface area contributed by atoms with E-state index in [4.69, 9.17) is 5.10 Å². The highest BCUT2D eigenvalue weighted by Crippen LogP contribution is 2.34. The molecule has 0 aliphatic heterocycles. The molecule has 2 aromatic carbocycles. The van der Waals surface area contributed by atoms with Gasteiger partial charge in [-0.25, -0.2) is 4.68 Å². The maximum absolute atomic E-state index is 13.4. The highest BCUT2D eigenvalue weighted by molar-refractivity contribution is 5.98. The maximum Gasteiger partial charge on any atom is 0.245 e. The van der Waals surface area contributed by atoms with Crippen LogP contribution >= 0.6 is 0 Å². The Bertz CT molecular complexity index is 1150. The van der Waals surface area contributed by atoms with Crippen LogP contribution in [0.25, 0.3) is 16.8 Å². The largest absolute Gasteiger partial charge is 0.331 e. The van der Waals surface area contributed by atoms with Gasteiger partial charge in [0.05, 0.1) is 11.4 Å². The second-order valence-electron chi connectivity index (χ2n) is 9.70. The maximum atomic E-state index is 13.4. The highest BCUT2D eigenvalue weighted by Gasteiger charge is 2.24. The minimum atomic E-state index is -0.227. The van der Waals surface area contributed by atoms with E-state index in [0.29, 0.717) is 12.2 Å². The number of nitrogens with zero attached hydrogens (tertiary/aromatic N) is 3. The molecule has 0 bridgehead atoms. The van der Waals surface area contributed by atoms with Gasteiger partial charge in [0.2, 0.25) is 11.8 Å². The monoisotopic (exact) mass is 488 g/mol. The Labute approximate surface area is 215 Å². The highest BCUT2D eigenvalue weighted by atomic mass is 16.2. The molecule has 0 fully saturated rings. The number of hydrogen-bond donors (Lipinski definition) is 1. The van der Waals surface area contributed by atoms with E-state index >= 15 is 0 Å². The Kier molecular flexibility index (Phi) is 9.86. The van der Waals surface area contributed by atoms with Crippen LogP contribution in [0.3, 0.4) is 0 Å². The van der Waals surface area contributed by atoms with E-state index in [1.165, 1.54) is 12.8 Å². The molecule has 1 N–H and O–H groups in total. The van der Waals surface area contributed by atoms with Gasteiger partial charge in [-0.15, -0.1) is 0 Å². The fraction of sp³-hybridized carbons (Fsp3) is 0.433. The predicted octanol–water partition coefficient (Wildman–Crippen LogP) is 6.69. The first-order chi connectivity index (χ1) is 17.3. The van der Waals surface area contributed by atoms with Gasteiger partial charge in [-0.1, -0.05) is 81.1 Å². The van der Waals surface area contributed by atoms with Crippen molar-refractivity contribution in [1.82, 2.24) is 14.7 Å². The van der Waals surface area contributed by atoms with Gasteiger partial charge in [0.15, 0.2) is 0 Å². The number of anilines is 1. The second kappa shape index (κ2) is 13.1. The molecule has 1 aromatic heterocycles. The third-order valence-electron chi connectivity index (χ3n) is 6.48. The molecule has 0 atom stereocenters. The summed E-state index contributed by atoms with van der Waals surface area (Å²) in [5.74, 6) is 0.423. The zero-order valence-corrected chi connectivity index (χ0v) is 22.4. The van der Waals surface area contributed by atoms with Crippen LogP contribution in [0.1, 0.15) is 70.6 Å². The lowest BCUT2D eigenvalue weighted by atomic mass is 10.1. The molecule has 0 spiro atoms. The summed E-state index contributed by atoms with van der Waals surface area (Å²) in [4.78, 5) is 28.0. The quantitative estimate of drug-likeness (QED) is 0.289. The van der Waals surface area contributed by atoms with Gasteiger partial charge < -0.3 is 10.2 Å². The summed E-state index contributed by atoms with van der Waals surface area (Å²) in [7, 11) is 0. The Balaban J connectivity index is 1.86. The van der Waals surface area contributed by atoms with Crippen molar-refractivity contribution in [3.63, 3.8) is 0 Å². The SMILES string of the molecule is CCCCCCCC(=O)N(CC(=O)Nc1c(-c2ccccc2)c(C)nn1-c1ccccc1C)C(C)C. The molecule has 192 valence electrons. The minimum absolute atomic E-state index is 0.0116. The number of aromatic nitrogens is 2. The Morgan fingerprint density at radius 3 is 2.28 bits per heavy atom. The zero-order valence-electron chi connectivity index (χ0n) is 22.4. The van der Waals surface area contributed by atoms with Crippen LogP contribution in [0.4, 0.5) is 5.82 Å². The molecule has 3 rings (SSSR count). The summed E-state index contributed by atoms with van der Waals surface area (Å²) in [6.07, 6.45) is 5.91. The first-order valence-corrected chi connectivity index (χ1v) is 13.1. The summed E-state index contributed by atoms with van der Waals surface area (Å²) in [6.45, 7) is 10.1. The number of hydrogen-bond acceptors (Lipinski definition) is 3. The van der Waals surface area contributed by atoms with E-state index in [-0.39, 0.29) is 24.4 Å². The predicted molar refractivity (Wildman–Crippen MR) is 147 cm³/mol. The van der Waals surface area contributed by atoms with Crippen molar-refractivity contribution in [3.05, 3.63) is 65.9 Å². The molecule has 1 heterocycles. The number of para-hydroxylation sites is 1. The molecule has 0 unspecified atom stereocenters. The van der Waals surface area contributed by atoms with Crippen LogP contribution in [0.2, 0.25) is 0 Å². The number of unbranched alkanes of at least 4 members (excludes halogenated alkanes) is 4. The summed E-state index contributed by atoms with van der Waals surface area (Å²) < 4.78 is 1.81. The van der Waals surface area contributed by atoms with Gasteiger partial charge in [-0.2, -0.15) is 5.10 Å². The molecule has 0 radical (unpaired) electrons. The van der Waals surface area contributed by atoms with Crippen LogP contribution in [0, 0.1) is 13.8 Å². The number of carbonyl (C=O) groups excluding carboxylic acids is 2. The number of carbonyl (C=O) groups is 2. The lowest BCUT2D eigenvalue weighted by molar-refractivity contribution is -0.136. The summed E-state index contributed by atoms with van der Waals surface area (Å²) in [5.41, 5.74) is 4.64. The molecule has 0 saturated carbocycles. The van der Waals surface area contributed by atoms with Gasteiger partial charge in [0, 0.05) is 18.0 Å². The molecule has 3 aromatic rings. The summed E-state index contributed by atoms with van der Waals surface area (Å²) >= 11 is 0. The van der Waals surface area contributed by atoms with Crippen molar-refractivity contribution < 1.29 is 9.59 Å². The molecule has 2 amide bonds. The van der Waals surface area contributed by atoms with Gasteiger partial charge in [-0.3, -0.25) is 9.59 Å². The van der Waals surface area contributed by atoms with Crippen LogP contribution in [-0.2, 0) is 9.59 Å². The van der Waals surface area contributed by atoms with Gasteiger partial charge in [0.1, 0.15) is 12.4 Å². The molecular weight excluding hydrogens is 448 g/mol. The number of benzene rings is 2. The first-order valence-electron chi connectivity index (χ1n) is 13.1. The Morgan fingerprint density at radius 1 is 0.944 bits per heavy atom. The molecule has 36 heavy (non-hydrogen) atoms. The van der Waals surface area contributed by atoms with Gasteiger partial charge in [-0.05, 0) is 51.3 Å². The van der Waals surface area contributed by atoms with E-state index in [1.807, 2.05) is 82.3 Å². The topological polar surface area (TPSA) is 67.2 Å². The van der Waals surface area contributed by atoms with E-state index in [9.17, 15) is 9.59 Å². The van der Waals surface area contributed by atoms with Crippen LogP contribution in [0.15, 0.2) is 54.6 Å². The van der Waals surface area contributed by atoms with Crippen molar-refractivity contribution in [1.29, 1.82) is 0 Å². The van der Waals surface area contributed by atoms with E-state index < -0.39 is 0 Å². The lowest BCUT2D eigenvalue weighted by Gasteiger charge is -2.26. The van der Waals surface area contributed by atoms with Crippen molar-refractivity contribution >= 4 is 17.6 Å². The summed E-state index contributed by atoms with van der Waals surface area (Å²) in [6, 6.07) is 17.9. The van der Waals surface area contributed by atoms with Crippen molar-refractivity contribution in [2.24, 2.45) is 0 Å². The first kappa shape index (κ1) is 27.2. The average Bonchev–Trinajstić information content (AvgIpc) is 3.18. The Morgan fingerprint density at radius 2 is 1.61 bits per heavy atom. The van der Waals surface area contributed by atoms with E-state index in [2.05, 4.69) is 12.2 Å². The third kappa shape index (κ3) is 6.84. The van der Waals surface area contributed by atoms with Crippen molar-refractivity contribution in [2.75, 3.05) is 11.9 Å². The number of rotatable bonds is 12. The fourth-order valence-electron chi connectivity index (χ4n) is 4.48. The van der Waals surface area contributed by atoms with Gasteiger partial charge >= 0.3 is 0 Å². The smallest absolute Gasteiger partial charge is 0.245 e.